The van der Waals surface area contributed by atoms with Crippen LogP contribution >= 0.6 is 40.2 Å². The Bertz CT molecular complexity index is 287. The second kappa shape index (κ2) is 9.21. The molecule has 0 aliphatic rings. The predicted octanol–water partition coefficient (Wildman–Crippen LogP) is 4.37. The van der Waals surface area contributed by atoms with E-state index >= 15 is 0 Å². The van der Waals surface area contributed by atoms with Crippen LogP contribution in [0.4, 0.5) is 0 Å². The van der Waals surface area contributed by atoms with Crippen LogP contribution in [-0.4, -0.2) is 17.3 Å². The van der Waals surface area contributed by atoms with E-state index in [4.69, 9.17) is 23.2 Å². The fourth-order valence-corrected chi connectivity index (χ4v) is 2.46. The molecule has 1 N–H and O–H groups in total. The smallest absolute Gasteiger partial charge is 0.0240 e. The molecule has 0 bridgehead atoms. The molecule has 1 aromatic carbocycles. The summed E-state index contributed by atoms with van der Waals surface area (Å²) in [5.41, 5.74) is 1.33. The average Bonchev–Trinajstić information content (AvgIpc) is 2.29. The fraction of sp³-hybridized carbons (Fsp3) is 0.538. The molecule has 0 saturated carbocycles. The SMILES string of the molecule is Br.CC(CCCl)(CCCl)NCc1ccccc1. The van der Waals surface area contributed by atoms with E-state index < -0.39 is 0 Å². The van der Waals surface area contributed by atoms with Crippen LogP contribution in [0, 0.1) is 0 Å². The van der Waals surface area contributed by atoms with Crippen LogP contribution in [0.1, 0.15) is 25.3 Å². The topological polar surface area (TPSA) is 12.0 Å². The van der Waals surface area contributed by atoms with E-state index in [9.17, 15) is 0 Å². The first-order valence-electron chi connectivity index (χ1n) is 5.61. The Morgan fingerprint density at radius 2 is 1.59 bits per heavy atom. The van der Waals surface area contributed by atoms with Crippen LogP contribution in [0.25, 0.3) is 0 Å². The monoisotopic (exact) mass is 339 g/mol. The molecule has 0 atom stereocenters. The highest BCUT2D eigenvalue weighted by atomic mass is 79.9. The van der Waals surface area contributed by atoms with E-state index in [1.807, 2.05) is 6.07 Å². The zero-order valence-corrected chi connectivity index (χ0v) is 13.3. The molecule has 1 nitrogen and oxygen atoms in total. The molecule has 0 fully saturated rings. The maximum Gasteiger partial charge on any atom is 0.0240 e. The highest BCUT2D eigenvalue weighted by Gasteiger charge is 2.21. The molecule has 0 radical (unpaired) electrons. The third-order valence-electron chi connectivity index (χ3n) is 2.85. The molecule has 0 unspecified atom stereocenters. The standard InChI is InChI=1S/C13H19Cl2N.BrH/c1-13(7-9-14,8-10-15)16-11-12-5-3-2-4-6-12;/h2-6,16H,7-11H2,1H3;1H. The largest absolute Gasteiger partial charge is 0.307 e. The first-order chi connectivity index (χ1) is 7.70. The molecule has 0 aliphatic carbocycles. The Morgan fingerprint density at radius 3 is 2.06 bits per heavy atom. The summed E-state index contributed by atoms with van der Waals surface area (Å²) in [6.45, 7) is 3.05. The van der Waals surface area contributed by atoms with Crippen LogP contribution < -0.4 is 5.32 Å². The lowest BCUT2D eigenvalue weighted by atomic mass is 9.95. The van der Waals surface area contributed by atoms with Gasteiger partial charge in [-0.05, 0) is 25.3 Å². The van der Waals surface area contributed by atoms with Crippen LogP contribution in [0.3, 0.4) is 0 Å². The molecule has 17 heavy (non-hydrogen) atoms. The van der Waals surface area contributed by atoms with Crippen LogP contribution in [0.2, 0.25) is 0 Å². The molecule has 0 aliphatic heterocycles. The number of hydrogen-bond acceptors (Lipinski definition) is 1. The van der Waals surface area contributed by atoms with Crippen molar-refractivity contribution >= 4 is 40.2 Å². The summed E-state index contributed by atoms with van der Waals surface area (Å²) in [7, 11) is 0. The van der Waals surface area contributed by atoms with Crippen molar-refractivity contribution in [1.82, 2.24) is 5.32 Å². The van der Waals surface area contributed by atoms with Gasteiger partial charge in [0, 0.05) is 23.8 Å². The van der Waals surface area contributed by atoms with E-state index in [2.05, 4.69) is 36.5 Å². The quantitative estimate of drug-likeness (QED) is 0.727. The highest BCUT2D eigenvalue weighted by Crippen LogP contribution is 2.17. The van der Waals surface area contributed by atoms with Gasteiger partial charge in [-0.15, -0.1) is 40.2 Å². The summed E-state index contributed by atoms with van der Waals surface area (Å²) in [6.07, 6.45) is 1.88. The third-order valence-corrected chi connectivity index (χ3v) is 3.23. The Labute approximate surface area is 125 Å². The van der Waals surface area contributed by atoms with Gasteiger partial charge in [0.1, 0.15) is 0 Å². The highest BCUT2D eigenvalue weighted by molar-refractivity contribution is 8.93. The molecule has 98 valence electrons. The zero-order valence-electron chi connectivity index (χ0n) is 10.1. The lowest BCUT2D eigenvalue weighted by molar-refractivity contribution is 0.333. The van der Waals surface area contributed by atoms with Gasteiger partial charge >= 0.3 is 0 Å². The van der Waals surface area contributed by atoms with Crippen LogP contribution in [0.15, 0.2) is 30.3 Å². The van der Waals surface area contributed by atoms with Gasteiger partial charge in [-0.1, -0.05) is 30.3 Å². The predicted molar refractivity (Wildman–Crippen MR) is 82.7 cm³/mol. The van der Waals surface area contributed by atoms with Gasteiger partial charge in [-0.3, -0.25) is 0 Å². The summed E-state index contributed by atoms with van der Waals surface area (Å²) in [5.74, 6) is 1.32. The molecule has 0 saturated heterocycles. The number of halogens is 3. The Morgan fingerprint density at radius 1 is 1.06 bits per heavy atom. The first kappa shape index (κ1) is 17.2. The molecular formula is C13H20BrCl2N. The summed E-state index contributed by atoms with van der Waals surface area (Å²) in [6, 6.07) is 10.4. The fourth-order valence-electron chi connectivity index (χ4n) is 1.63. The maximum absolute atomic E-state index is 5.82. The minimum absolute atomic E-state index is 0. The molecule has 4 heteroatoms. The van der Waals surface area contributed by atoms with Crippen molar-refractivity contribution in [2.75, 3.05) is 11.8 Å². The molecule has 0 heterocycles. The molecule has 0 spiro atoms. The second-order valence-corrected chi connectivity index (χ2v) is 5.03. The van der Waals surface area contributed by atoms with E-state index in [0.717, 1.165) is 19.4 Å². The van der Waals surface area contributed by atoms with Crippen molar-refractivity contribution in [3.05, 3.63) is 35.9 Å². The van der Waals surface area contributed by atoms with Crippen molar-refractivity contribution in [3.8, 4) is 0 Å². The van der Waals surface area contributed by atoms with Crippen molar-refractivity contribution in [2.24, 2.45) is 0 Å². The number of rotatable bonds is 7. The zero-order chi connectivity index (χ0) is 11.9. The van der Waals surface area contributed by atoms with Gasteiger partial charge in [0.15, 0.2) is 0 Å². The van der Waals surface area contributed by atoms with Crippen molar-refractivity contribution in [3.63, 3.8) is 0 Å². The normalized spacial score (nSPS) is 11.0. The average molecular weight is 341 g/mol. The minimum atomic E-state index is 0. The Hall–Kier alpha value is 0.240. The maximum atomic E-state index is 5.82. The van der Waals surface area contributed by atoms with Gasteiger partial charge in [0.25, 0.3) is 0 Å². The van der Waals surface area contributed by atoms with E-state index in [0.29, 0.717) is 11.8 Å². The molecule has 1 aromatic rings. The summed E-state index contributed by atoms with van der Waals surface area (Å²) >= 11 is 11.6. The number of alkyl halides is 2. The van der Waals surface area contributed by atoms with E-state index in [-0.39, 0.29) is 22.5 Å². The van der Waals surface area contributed by atoms with Crippen molar-refractivity contribution < 1.29 is 0 Å². The number of nitrogens with one attached hydrogen (secondary N) is 1. The minimum Gasteiger partial charge on any atom is -0.307 e. The first-order valence-corrected chi connectivity index (χ1v) is 6.68. The summed E-state index contributed by atoms with van der Waals surface area (Å²) in [5, 5.41) is 3.55. The number of benzene rings is 1. The summed E-state index contributed by atoms with van der Waals surface area (Å²) < 4.78 is 0. The molecular weight excluding hydrogens is 321 g/mol. The lowest BCUT2D eigenvalue weighted by Gasteiger charge is -2.30. The van der Waals surface area contributed by atoms with E-state index in [1.165, 1.54) is 5.56 Å². The van der Waals surface area contributed by atoms with Gasteiger partial charge in [0.05, 0.1) is 0 Å². The van der Waals surface area contributed by atoms with Gasteiger partial charge in [-0.25, -0.2) is 0 Å². The van der Waals surface area contributed by atoms with E-state index in [1.54, 1.807) is 0 Å². The van der Waals surface area contributed by atoms with Crippen LogP contribution in [-0.2, 0) is 6.54 Å². The summed E-state index contributed by atoms with van der Waals surface area (Å²) in [4.78, 5) is 0. The Kier molecular flexibility index (Phi) is 9.34. The third kappa shape index (κ3) is 6.66. The number of hydrogen-bond donors (Lipinski definition) is 1. The van der Waals surface area contributed by atoms with Crippen LogP contribution in [0.5, 0.6) is 0 Å². The van der Waals surface area contributed by atoms with Gasteiger partial charge in [0.2, 0.25) is 0 Å². The van der Waals surface area contributed by atoms with Crippen molar-refractivity contribution in [2.45, 2.75) is 31.8 Å². The Balaban J connectivity index is 0.00000256. The van der Waals surface area contributed by atoms with Crippen molar-refractivity contribution in [1.29, 1.82) is 0 Å². The van der Waals surface area contributed by atoms with Gasteiger partial charge in [-0.2, -0.15) is 0 Å². The lowest BCUT2D eigenvalue weighted by Crippen LogP contribution is -2.42. The second-order valence-electron chi connectivity index (χ2n) is 4.28. The van der Waals surface area contributed by atoms with Gasteiger partial charge < -0.3 is 5.32 Å². The molecule has 0 amide bonds. The molecule has 1 rings (SSSR count). The molecule has 0 aromatic heterocycles.